The molecule has 0 aliphatic heterocycles. The number of benzene rings is 1. The van der Waals surface area contributed by atoms with Crippen molar-refractivity contribution in [3.05, 3.63) is 23.3 Å². The highest BCUT2D eigenvalue weighted by molar-refractivity contribution is 5.97. The highest BCUT2D eigenvalue weighted by Gasteiger charge is 2.12. The highest BCUT2D eigenvalue weighted by atomic mass is 16.5. The Kier molecular flexibility index (Phi) is 7.72. The molecule has 146 valence electrons. The maximum absolute atomic E-state index is 11.7. The molecule has 9 heteroatoms. The van der Waals surface area contributed by atoms with E-state index < -0.39 is 0 Å². The summed E-state index contributed by atoms with van der Waals surface area (Å²) in [4.78, 5) is 23.2. The SMILES string of the molecule is CCc1cc(C(C)=O)c(O)cc1OCCCCCCC(=O)Nc1nnn[nH]1. The van der Waals surface area contributed by atoms with Crippen LogP contribution in [0.15, 0.2) is 12.1 Å². The van der Waals surface area contributed by atoms with Gasteiger partial charge >= 0.3 is 0 Å². The maximum Gasteiger partial charge on any atom is 0.246 e. The van der Waals surface area contributed by atoms with Crippen molar-refractivity contribution in [3.63, 3.8) is 0 Å². The number of aromatic hydroxyl groups is 1. The number of ketones is 1. The van der Waals surface area contributed by atoms with Crippen LogP contribution in [-0.2, 0) is 11.2 Å². The zero-order valence-electron chi connectivity index (χ0n) is 15.6. The van der Waals surface area contributed by atoms with E-state index in [9.17, 15) is 14.7 Å². The van der Waals surface area contributed by atoms with Gasteiger partial charge in [0.2, 0.25) is 11.9 Å². The number of hydrogen-bond acceptors (Lipinski definition) is 7. The van der Waals surface area contributed by atoms with E-state index in [-0.39, 0.29) is 23.4 Å². The molecule has 9 nitrogen and oxygen atoms in total. The summed E-state index contributed by atoms with van der Waals surface area (Å²) in [5.74, 6) is 0.512. The van der Waals surface area contributed by atoms with Gasteiger partial charge in [-0.15, -0.1) is 0 Å². The highest BCUT2D eigenvalue weighted by Crippen LogP contribution is 2.29. The topological polar surface area (TPSA) is 130 Å². The number of unbranched alkanes of at least 4 members (excludes halogenated alkanes) is 3. The summed E-state index contributed by atoms with van der Waals surface area (Å²) in [5.41, 5.74) is 1.22. The number of tetrazole rings is 1. The minimum atomic E-state index is -0.169. The number of anilines is 1. The Morgan fingerprint density at radius 1 is 1.22 bits per heavy atom. The van der Waals surface area contributed by atoms with Crippen molar-refractivity contribution in [1.82, 2.24) is 20.6 Å². The van der Waals surface area contributed by atoms with Crippen molar-refractivity contribution >= 4 is 17.6 Å². The molecule has 0 fully saturated rings. The van der Waals surface area contributed by atoms with Crippen LogP contribution in [0.2, 0.25) is 0 Å². The lowest BCUT2D eigenvalue weighted by Crippen LogP contribution is -2.12. The van der Waals surface area contributed by atoms with Gasteiger partial charge in [-0.25, -0.2) is 5.10 Å². The molecule has 1 heterocycles. The van der Waals surface area contributed by atoms with Crippen molar-refractivity contribution in [2.45, 2.75) is 52.4 Å². The summed E-state index contributed by atoms with van der Waals surface area (Å²) in [7, 11) is 0. The number of aryl methyl sites for hydroxylation is 1. The van der Waals surface area contributed by atoms with Gasteiger partial charge in [-0.05, 0) is 48.2 Å². The first-order valence-corrected chi connectivity index (χ1v) is 9.04. The van der Waals surface area contributed by atoms with Gasteiger partial charge in [0.15, 0.2) is 5.78 Å². The lowest BCUT2D eigenvalue weighted by molar-refractivity contribution is -0.116. The van der Waals surface area contributed by atoms with Crippen LogP contribution >= 0.6 is 0 Å². The Morgan fingerprint density at radius 2 is 2.00 bits per heavy atom. The van der Waals surface area contributed by atoms with Gasteiger partial charge in [-0.3, -0.25) is 14.9 Å². The second-order valence-corrected chi connectivity index (χ2v) is 6.20. The normalized spacial score (nSPS) is 10.6. The first-order valence-electron chi connectivity index (χ1n) is 9.04. The summed E-state index contributed by atoms with van der Waals surface area (Å²) in [5, 5.41) is 25.3. The maximum atomic E-state index is 11.7. The molecule has 0 atom stereocenters. The molecular weight excluding hydrogens is 350 g/mol. The van der Waals surface area contributed by atoms with E-state index >= 15 is 0 Å². The Morgan fingerprint density at radius 3 is 2.67 bits per heavy atom. The first-order chi connectivity index (χ1) is 13.0. The molecular formula is C18H25N5O4. The van der Waals surface area contributed by atoms with Gasteiger partial charge < -0.3 is 9.84 Å². The number of rotatable bonds is 11. The number of aromatic nitrogens is 4. The van der Waals surface area contributed by atoms with Gasteiger partial charge in [0.1, 0.15) is 11.5 Å². The standard InChI is InChI=1S/C18H25N5O4/c1-3-13-10-14(12(2)24)15(25)11-16(13)27-9-7-5-4-6-8-17(26)19-18-20-22-23-21-18/h10-11,25H,3-9H2,1-2H3,(H2,19,20,21,22,23,26). The van der Waals surface area contributed by atoms with Crippen LogP contribution in [0.25, 0.3) is 0 Å². The van der Waals surface area contributed by atoms with Gasteiger partial charge in [0, 0.05) is 12.5 Å². The number of phenols is 1. The quantitative estimate of drug-likeness (QED) is 0.406. The van der Waals surface area contributed by atoms with E-state index in [1.807, 2.05) is 6.92 Å². The molecule has 0 unspecified atom stereocenters. The molecule has 1 amide bonds. The molecule has 0 saturated carbocycles. The van der Waals surface area contributed by atoms with Crippen LogP contribution in [0.3, 0.4) is 0 Å². The molecule has 0 aliphatic rings. The Hall–Kier alpha value is -2.97. The first kappa shape index (κ1) is 20.3. The molecule has 27 heavy (non-hydrogen) atoms. The molecule has 2 aromatic rings. The fraction of sp³-hybridized carbons (Fsp3) is 0.500. The number of carbonyl (C=O) groups is 2. The molecule has 0 radical (unpaired) electrons. The predicted octanol–water partition coefficient (Wildman–Crippen LogP) is 2.64. The van der Waals surface area contributed by atoms with Crippen molar-refractivity contribution in [1.29, 1.82) is 0 Å². The monoisotopic (exact) mass is 375 g/mol. The van der Waals surface area contributed by atoms with Crippen LogP contribution in [0.4, 0.5) is 5.95 Å². The van der Waals surface area contributed by atoms with E-state index in [1.165, 1.54) is 13.0 Å². The summed E-state index contributed by atoms with van der Waals surface area (Å²) in [6, 6.07) is 3.20. The van der Waals surface area contributed by atoms with Gasteiger partial charge in [0.25, 0.3) is 0 Å². The minimum absolute atomic E-state index is 0.0531. The Balaban J connectivity index is 1.66. The third-order valence-corrected chi connectivity index (χ3v) is 4.10. The second-order valence-electron chi connectivity index (χ2n) is 6.20. The number of Topliss-reactive ketones (excluding diaryl/α,β-unsaturated/α-hetero) is 1. The molecule has 2 rings (SSSR count). The van der Waals surface area contributed by atoms with Crippen LogP contribution in [0.1, 0.15) is 61.9 Å². The molecule has 0 spiro atoms. The fourth-order valence-corrected chi connectivity index (χ4v) is 2.64. The molecule has 0 saturated heterocycles. The zero-order chi connectivity index (χ0) is 19.6. The number of amides is 1. The van der Waals surface area contributed by atoms with Gasteiger partial charge in [-0.2, -0.15) is 0 Å². The number of carbonyl (C=O) groups excluding carboxylic acids is 2. The minimum Gasteiger partial charge on any atom is -0.507 e. The predicted molar refractivity (Wildman–Crippen MR) is 98.9 cm³/mol. The average molecular weight is 375 g/mol. The molecule has 3 N–H and O–H groups in total. The van der Waals surface area contributed by atoms with Crippen molar-refractivity contribution in [3.8, 4) is 11.5 Å². The molecule has 0 bridgehead atoms. The van der Waals surface area contributed by atoms with Crippen LogP contribution in [0.5, 0.6) is 11.5 Å². The van der Waals surface area contributed by atoms with Gasteiger partial charge in [0.05, 0.1) is 12.2 Å². The number of H-pyrrole nitrogens is 1. The Bertz CT molecular complexity index is 761. The van der Waals surface area contributed by atoms with Gasteiger partial charge in [-0.1, -0.05) is 24.9 Å². The number of hydrogen-bond donors (Lipinski definition) is 3. The lowest BCUT2D eigenvalue weighted by Gasteiger charge is -2.13. The van der Waals surface area contributed by atoms with Crippen molar-refractivity contribution in [2.24, 2.45) is 0 Å². The molecule has 1 aromatic heterocycles. The number of nitrogens with one attached hydrogen (secondary N) is 2. The third kappa shape index (κ3) is 6.36. The molecule has 1 aromatic carbocycles. The number of nitrogens with zero attached hydrogens (tertiary/aromatic N) is 3. The van der Waals surface area contributed by atoms with Crippen molar-refractivity contribution in [2.75, 3.05) is 11.9 Å². The van der Waals surface area contributed by atoms with Crippen LogP contribution in [0, 0.1) is 0 Å². The summed E-state index contributed by atoms with van der Waals surface area (Å²) in [6.07, 6.45) is 4.55. The largest absolute Gasteiger partial charge is 0.507 e. The lowest BCUT2D eigenvalue weighted by atomic mass is 10.0. The van der Waals surface area contributed by atoms with Crippen LogP contribution in [-0.4, -0.2) is 44.0 Å². The third-order valence-electron chi connectivity index (χ3n) is 4.10. The van der Waals surface area contributed by atoms with Crippen LogP contribution < -0.4 is 10.1 Å². The van der Waals surface area contributed by atoms with Crippen molar-refractivity contribution < 1.29 is 19.4 Å². The fourth-order valence-electron chi connectivity index (χ4n) is 2.64. The van der Waals surface area contributed by atoms with E-state index in [0.29, 0.717) is 30.8 Å². The number of phenolic OH excluding ortho intramolecular Hbond substituents is 1. The average Bonchev–Trinajstić information content (AvgIpc) is 3.13. The number of aromatic amines is 1. The summed E-state index contributed by atoms with van der Waals surface area (Å²) < 4.78 is 5.76. The van der Waals surface area contributed by atoms with E-state index in [2.05, 4.69) is 25.9 Å². The second kappa shape index (κ2) is 10.2. The Labute approximate surface area is 157 Å². The van der Waals surface area contributed by atoms with E-state index in [1.54, 1.807) is 6.07 Å². The van der Waals surface area contributed by atoms with E-state index in [4.69, 9.17) is 4.74 Å². The van der Waals surface area contributed by atoms with E-state index in [0.717, 1.165) is 31.2 Å². The zero-order valence-corrected chi connectivity index (χ0v) is 15.6. The smallest absolute Gasteiger partial charge is 0.246 e. The number of ether oxygens (including phenoxy) is 1. The summed E-state index contributed by atoms with van der Waals surface area (Å²) in [6.45, 7) is 3.92. The molecule has 0 aliphatic carbocycles. The summed E-state index contributed by atoms with van der Waals surface area (Å²) >= 11 is 0.